The SMILES string of the molecule is CCOC(=O)C1CCN(C(=NC)NCCOc2cccc(C)c2)CC1. The Hall–Kier alpha value is -2.24. The van der Waals surface area contributed by atoms with E-state index in [9.17, 15) is 4.79 Å². The Morgan fingerprint density at radius 1 is 1.36 bits per heavy atom. The molecule has 0 amide bonds. The lowest BCUT2D eigenvalue weighted by atomic mass is 9.97. The standard InChI is InChI=1S/C19H29N3O3/c1-4-24-18(23)16-8-11-22(12-9-16)19(20-3)21-10-13-25-17-7-5-6-15(2)14-17/h5-7,14,16H,4,8-13H2,1-3H3,(H,20,21). The minimum Gasteiger partial charge on any atom is -0.492 e. The van der Waals surface area contributed by atoms with E-state index >= 15 is 0 Å². The summed E-state index contributed by atoms with van der Waals surface area (Å²) in [5, 5.41) is 3.33. The fourth-order valence-corrected chi connectivity index (χ4v) is 2.96. The van der Waals surface area contributed by atoms with Gasteiger partial charge < -0.3 is 19.7 Å². The minimum atomic E-state index is -0.0725. The van der Waals surface area contributed by atoms with E-state index in [1.165, 1.54) is 5.56 Å². The molecular formula is C19H29N3O3. The number of carbonyl (C=O) groups is 1. The number of ether oxygens (including phenoxy) is 2. The Morgan fingerprint density at radius 2 is 2.12 bits per heavy atom. The number of nitrogens with one attached hydrogen (secondary N) is 1. The zero-order chi connectivity index (χ0) is 18.1. The first-order valence-electron chi connectivity index (χ1n) is 8.95. The van der Waals surface area contributed by atoms with Crippen molar-refractivity contribution >= 4 is 11.9 Å². The molecule has 0 spiro atoms. The van der Waals surface area contributed by atoms with Crippen LogP contribution in [-0.2, 0) is 9.53 Å². The normalized spacial score (nSPS) is 15.8. The molecule has 0 saturated carbocycles. The quantitative estimate of drug-likeness (QED) is 0.370. The van der Waals surface area contributed by atoms with Gasteiger partial charge in [0.1, 0.15) is 12.4 Å². The average Bonchev–Trinajstić information content (AvgIpc) is 2.62. The second kappa shape index (κ2) is 9.91. The fraction of sp³-hybridized carbons (Fsp3) is 0.579. The lowest BCUT2D eigenvalue weighted by Gasteiger charge is -2.33. The van der Waals surface area contributed by atoms with Gasteiger partial charge in [0.15, 0.2) is 5.96 Å². The summed E-state index contributed by atoms with van der Waals surface area (Å²) in [6, 6.07) is 8.02. The van der Waals surface area contributed by atoms with Gasteiger partial charge in [-0.3, -0.25) is 9.79 Å². The van der Waals surface area contributed by atoms with E-state index in [2.05, 4.69) is 15.2 Å². The van der Waals surface area contributed by atoms with Crippen LogP contribution in [0.3, 0.4) is 0 Å². The fourth-order valence-electron chi connectivity index (χ4n) is 2.96. The molecule has 1 fully saturated rings. The van der Waals surface area contributed by atoms with E-state index in [1.54, 1.807) is 7.05 Å². The van der Waals surface area contributed by atoms with Crippen LogP contribution in [-0.4, -0.2) is 56.7 Å². The van der Waals surface area contributed by atoms with Gasteiger partial charge in [-0.05, 0) is 44.4 Å². The number of guanidine groups is 1. The first kappa shape index (κ1) is 19.1. The molecule has 6 nitrogen and oxygen atoms in total. The molecule has 0 unspecified atom stereocenters. The molecule has 0 radical (unpaired) electrons. The molecule has 1 saturated heterocycles. The van der Waals surface area contributed by atoms with Gasteiger partial charge in [-0.15, -0.1) is 0 Å². The zero-order valence-corrected chi connectivity index (χ0v) is 15.5. The second-order valence-electron chi connectivity index (χ2n) is 6.15. The van der Waals surface area contributed by atoms with Crippen molar-refractivity contribution in [2.24, 2.45) is 10.9 Å². The van der Waals surface area contributed by atoms with Gasteiger partial charge in [0.05, 0.1) is 19.1 Å². The van der Waals surface area contributed by atoms with Gasteiger partial charge in [-0.1, -0.05) is 12.1 Å². The topological polar surface area (TPSA) is 63.2 Å². The van der Waals surface area contributed by atoms with Crippen molar-refractivity contribution in [3.8, 4) is 5.75 Å². The Kier molecular flexibility index (Phi) is 7.57. The van der Waals surface area contributed by atoms with Crippen molar-refractivity contribution < 1.29 is 14.3 Å². The Bertz CT molecular complexity index is 581. The van der Waals surface area contributed by atoms with Gasteiger partial charge in [0, 0.05) is 20.1 Å². The molecule has 1 aromatic rings. The van der Waals surface area contributed by atoms with Crippen molar-refractivity contribution in [3.05, 3.63) is 29.8 Å². The van der Waals surface area contributed by atoms with Crippen molar-refractivity contribution in [1.82, 2.24) is 10.2 Å². The number of benzene rings is 1. The third kappa shape index (κ3) is 5.96. The van der Waals surface area contributed by atoms with Gasteiger partial charge in [0.25, 0.3) is 0 Å². The zero-order valence-electron chi connectivity index (χ0n) is 15.5. The summed E-state index contributed by atoms with van der Waals surface area (Å²) in [7, 11) is 1.78. The molecule has 2 rings (SSSR count). The van der Waals surface area contributed by atoms with Crippen LogP contribution in [0.15, 0.2) is 29.3 Å². The number of hydrogen-bond donors (Lipinski definition) is 1. The summed E-state index contributed by atoms with van der Waals surface area (Å²) in [4.78, 5) is 18.3. The van der Waals surface area contributed by atoms with Crippen molar-refractivity contribution in [1.29, 1.82) is 0 Å². The third-order valence-corrected chi connectivity index (χ3v) is 4.27. The first-order chi connectivity index (χ1) is 12.1. The summed E-state index contributed by atoms with van der Waals surface area (Å²) in [5.74, 6) is 1.68. The molecule has 1 heterocycles. The van der Waals surface area contributed by atoms with Gasteiger partial charge in [0.2, 0.25) is 0 Å². The van der Waals surface area contributed by atoms with Crippen LogP contribution in [0.5, 0.6) is 5.75 Å². The number of carbonyl (C=O) groups excluding carboxylic acids is 1. The van der Waals surface area contributed by atoms with Crippen molar-refractivity contribution in [2.45, 2.75) is 26.7 Å². The van der Waals surface area contributed by atoms with Crippen LogP contribution in [0.1, 0.15) is 25.3 Å². The predicted molar refractivity (Wildman–Crippen MR) is 99.0 cm³/mol. The van der Waals surface area contributed by atoms with E-state index < -0.39 is 0 Å². The van der Waals surface area contributed by atoms with Crippen molar-refractivity contribution in [3.63, 3.8) is 0 Å². The number of esters is 1. The third-order valence-electron chi connectivity index (χ3n) is 4.27. The molecule has 1 aromatic carbocycles. The minimum absolute atomic E-state index is 0.0129. The van der Waals surface area contributed by atoms with Crippen LogP contribution < -0.4 is 10.1 Å². The monoisotopic (exact) mass is 347 g/mol. The summed E-state index contributed by atoms with van der Waals surface area (Å²) >= 11 is 0. The number of piperidine rings is 1. The van der Waals surface area contributed by atoms with E-state index in [1.807, 2.05) is 38.1 Å². The molecule has 0 aromatic heterocycles. The second-order valence-corrected chi connectivity index (χ2v) is 6.15. The molecule has 1 N–H and O–H groups in total. The maximum atomic E-state index is 11.8. The van der Waals surface area contributed by atoms with E-state index in [0.29, 0.717) is 19.8 Å². The maximum absolute atomic E-state index is 11.8. The number of hydrogen-bond acceptors (Lipinski definition) is 4. The average molecular weight is 347 g/mol. The molecule has 0 bridgehead atoms. The van der Waals surface area contributed by atoms with E-state index in [0.717, 1.165) is 37.6 Å². The van der Waals surface area contributed by atoms with Crippen LogP contribution in [0.2, 0.25) is 0 Å². The van der Waals surface area contributed by atoms with Crippen LogP contribution in [0.25, 0.3) is 0 Å². The summed E-state index contributed by atoms with van der Waals surface area (Å²) in [5.41, 5.74) is 1.19. The predicted octanol–water partition coefficient (Wildman–Crippen LogP) is 2.22. The number of likely N-dealkylation sites (tertiary alicyclic amines) is 1. The Morgan fingerprint density at radius 3 is 2.76 bits per heavy atom. The van der Waals surface area contributed by atoms with Gasteiger partial charge in [-0.2, -0.15) is 0 Å². The van der Waals surface area contributed by atoms with E-state index in [-0.39, 0.29) is 11.9 Å². The number of aryl methyl sites for hydroxylation is 1. The first-order valence-corrected chi connectivity index (χ1v) is 8.95. The molecule has 25 heavy (non-hydrogen) atoms. The molecular weight excluding hydrogens is 318 g/mol. The van der Waals surface area contributed by atoms with Crippen molar-refractivity contribution in [2.75, 3.05) is 39.9 Å². The molecule has 6 heteroatoms. The Labute approximate surface area is 150 Å². The highest BCUT2D eigenvalue weighted by Crippen LogP contribution is 2.18. The number of nitrogens with zero attached hydrogens (tertiary/aromatic N) is 2. The van der Waals surface area contributed by atoms with Gasteiger partial charge in [-0.25, -0.2) is 0 Å². The Balaban J connectivity index is 1.71. The van der Waals surface area contributed by atoms with Gasteiger partial charge >= 0.3 is 5.97 Å². The van der Waals surface area contributed by atoms with Crippen LogP contribution in [0, 0.1) is 12.8 Å². The lowest BCUT2D eigenvalue weighted by Crippen LogP contribution is -2.47. The molecule has 138 valence electrons. The molecule has 1 aliphatic rings. The van der Waals surface area contributed by atoms with E-state index in [4.69, 9.17) is 9.47 Å². The highest BCUT2D eigenvalue weighted by Gasteiger charge is 2.27. The lowest BCUT2D eigenvalue weighted by molar-refractivity contribution is -0.149. The summed E-state index contributed by atoms with van der Waals surface area (Å²) < 4.78 is 10.9. The molecule has 0 aliphatic carbocycles. The summed E-state index contributed by atoms with van der Waals surface area (Å²) in [6.45, 7) is 7.21. The molecule has 1 aliphatic heterocycles. The highest BCUT2D eigenvalue weighted by molar-refractivity contribution is 5.80. The maximum Gasteiger partial charge on any atom is 0.309 e. The van der Waals surface area contributed by atoms with Crippen LogP contribution in [0.4, 0.5) is 0 Å². The summed E-state index contributed by atoms with van der Waals surface area (Å²) in [6.07, 6.45) is 1.61. The smallest absolute Gasteiger partial charge is 0.309 e. The number of rotatable bonds is 6. The molecule has 0 atom stereocenters. The van der Waals surface area contributed by atoms with Crippen LogP contribution >= 0.6 is 0 Å². The number of aliphatic imine (C=N–C) groups is 1. The highest BCUT2D eigenvalue weighted by atomic mass is 16.5. The largest absolute Gasteiger partial charge is 0.492 e.